The molecule has 0 saturated carbocycles. The molecule has 0 heterocycles. The number of rotatable bonds is 2. The van der Waals surface area contributed by atoms with Gasteiger partial charge in [-0.05, 0) is 28.1 Å². The Labute approximate surface area is 155 Å². The average molecular weight is 311 g/mol. The Hall–Kier alpha value is 0.707. The molecule has 0 aliphatic heterocycles. The van der Waals surface area contributed by atoms with E-state index in [1.54, 1.807) is 12.1 Å². The summed E-state index contributed by atoms with van der Waals surface area (Å²) in [5.74, 6) is -0.603. The second-order valence-corrected chi connectivity index (χ2v) is 2.80. The van der Waals surface area contributed by atoms with Crippen LogP contribution in [0.1, 0.15) is 10.4 Å². The van der Waals surface area contributed by atoms with Crippen LogP contribution in [0.2, 0.25) is 0 Å². The first-order valence-corrected chi connectivity index (χ1v) is 5.09. The molecule has 0 atom stereocenters. The molecule has 6 nitrogen and oxygen atoms in total. The van der Waals surface area contributed by atoms with Gasteiger partial charge in [-0.2, -0.15) is 0 Å². The number of esters is 1. The number of hydrogen-bond donors (Lipinski definition) is 1. The summed E-state index contributed by atoms with van der Waals surface area (Å²) in [4.78, 5) is 11.1. The van der Waals surface area contributed by atoms with Crippen molar-refractivity contribution in [1.29, 1.82) is 0 Å². The van der Waals surface area contributed by atoms with Gasteiger partial charge in [0.15, 0.2) is 0 Å². The van der Waals surface area contributed by atoms with Gasteiger partial charge in [-0.15, -0.1) is 0 Å². The number of hydrogen-bond acceptors (Lipinski definition) is 6. The zero-order chi connectivity index (χ0) is 12.6. The van der Waals surface area contributed by atoms with E-state index in [1.165, 1.54) is 12.1 Å². The molecule has 0 radical (unpaired) electrons. The minimum Gasteiger partial charge on any atom is -0.907 e. The van der Waals surface area contributed by atoms with Gasteiger partial charge in [0.1, 0.15) is 16.8 Å². The van der Waals surface area contributed by atoms with Gasteiger partial charge >= 0.3 is 62.6 Å². The third kappa shape index (κ3) is 14.9. The molecule has 88 valence electrons. The average Bonchev–Trinajstić information content (AvgIpc) is 2.17. The summed E-state index contributed by atoms with van der Waals surface area (Å²) in [6, 6.07) is 6.23. The fraction of sp³-hybridized carbons (Fsp3) is 0.125. The monoisotopic (exact) mass is 310 g/mol. The summed E-state index contributed by atoms with van der Waals surface area (Å²) < 4.78 is 4.63. The molecule has 0 unspecified atom stereocenters. The smallest absolute Gasteiger partial charge is 0.907 e. The van der Waals surface area contributed by atoms with E-state index in [2.05, 4.69) is 20.7 Å². The van der Waals surface area contributed by atoms with Crippen molar-refractivity contribution in [1.82, 2.24) is 0 Å². The summed E-state index contributed by atoms with van der Waals surface area (Å²) in [5.41, 5.74) is 0.303. The van der Waals surface area contributed by atoms with E-state index in [-0.39, 0.29) is 73.4 Å². The van der Waals surface area contributed by atoms with Crippen molar-refractivity contribution < 1.29 is 86.3 Å². The number of para-hydroxylation sites is 1. The number of alkyl halides is 1. The van der Waals surface area contributed by atoms with E-state index in [9.17, 15) is 9.90 Å². The van der Waals surface area contributed by atoms with E-state index in [0.717, 1.165) is 0 Å². The van der Waals surface area contributed by atoms with Gasteiger partial charge in [0.25, 0.3) is 0 Å². The van der Waals surface area contributed by atoms with Crippen LogP contribution < -0.4 is 71.7 Å². The first kappa shape index (κ1) is 28.0. The summed E-state index contributed by atoms with van der Waals surface area (Å²) in [5, 5.41) is 34.4. The standard InChI is InChI=1S/C8H7BrO3.BO3.3Li/c9-5-12-8(11)6-3-1-2-4-7(6)10;2-1(3)4;;;/h1-4,10H,5H2;;;;/q;-3;3*+1. The zero-order valence-electron chi connectivity index (χ0n) is 11.0. The van der Waals surface area contributed by atoms with Crippen LogP contribution in [-0.2, 0) is 4.74 Å². The molecule has 0 saturated heterocycles. The number of phenolic OH excluding ortho intramolecular Hbond substituents is 1. The SMILES string of the molecule is O=C(OCBr)c1ccccc1O.[Li+].[Li+].[Li+].[O-]B([O-])[O-]. The summed E-state index contributed by atoms with van der Waals surface area (Å²) in [7, 11) is -2.92. The van der Waals surface area contributed by atoms with Crippen molar-refractivity contribution in [3.05, 3.63) is 29.8 Å². The van der Waals surface area contributed by atoms with E-state index in [0.29, 0.717) is 0 Å². The van der Waals surface area contributed by atoms with Crippen LogP contribution in [0.5, 0.6) is 5.75 Å². The van der Waals surface area contributed by atoms with Crippen LogP contribution >= 0.6 is 15.9 Å². The molecule has 0 spiro atoms. The molecule has 0 amide bonds. The van der Waals surface area contributed by atoms with Crippen molar-refractivity contribution in [3.63, 3.8) is 0 Å². The zero-order valence-corrected chi connectivity index (χ0v) is 12.5. The largest absolute Gasteiger partial charge is 1.00 e. The number of aromatic hydroxyl groups is 1. The number of phenols is 1. The van der Waals surface area contributed by atoms with E-state index in [4.69, 9.17) is 15.1 Å². The van der Waals surface area contributed by atoms with Crippen molar-refractivity contribution in [3.8, 4) is 5.75 Å². The molecule has 0 aliphatic rings. The molecule has 1 aromatic rings. The summed E-state index contributed by atoms with van der Waals surface area (Å²) in [6.45, 7) is 0. The molecule has 0 fully saturated rings. The Morgan fingerprint density at radius 1 is 1.21 bits per heavy atom. The van der Waals surface area contributed by atoms with Gasteiger partial charge in [-0.3, -0.25) is 7.32 Å². The summed E-state index contributed by atoms with van der Waals surface area (Å²) >= 11 is 2.95. The second-order valence-electron chi connectivity index (χ2n) is 2.35. The number of halogens is 1. The van der Waals surface area contributed by atoms with E-state index >= 15 is 0 Å². The third-order valence-electron chi connectivity index (χ3n) is 1.31. The van der Waals surface area contributed by atoms with Crippen molar-refractivity contribution in [2.75, 3.05) is 5.52 Å². The third-order valence-corrected chi connectivity index (χ3v) is 1.54. The molecule has 1 aromatic carbocycles. The predicted molar refractivity (Wildman–Crippen MR) is 53.1 cm³/mol. The fourth-order valence-corrected chi connectivity index (χ4v) is 0.981. The molecule has 0 aliphatic carbocycles. The number of carbonyl (C=O) groups is 1. The molecule has 0 aromatic heterocycles. The van der Waals surface area contributed by atoms with Gasteiger partial charge < -0.3 is 24.9 Å². The topological polar surface area (TPSA) is 116 Å². The molecular weight excluding hydrogens is 304 g/mol. The normalized spacial score (nSPS) is 7.37. The molecular formula is C8H7BBrLi3O6. The van der Waals surface area contributed by atoms with Gasteiger partial charge in [0.05, 0.1) is 0 Å². The van der Waals surface area contributed by atoms with Crippen LogP contribution in [0, 0.1) is 0 Å². The van der Waals surface area contributed by atoms with Crippen LogP contribution in [0.15, 0.2) is 24.3 Å². The van der Waals surface area contributed by atoms with Crippen molar-refractivity contribution >= 4 is 29.2 Å². The summed E-state index contributed by atoms with van der Waals surface area (Å²) in [6.07, 6.45) is 0. The molecule has 1 rings (SSSR count). The Morgan fingerprint density at radius 2 is 1.63 bits per heavy atom. The van der Waals surface area contributed by atoms with Gasteiger partial charge in [0, 0.05) is 0 Å². The first-order chi connectivity index (χ1) is 7.49. The van der Waals surface area contributed by atoms with Gasteiger partial charge in [-0.25, -0.2) is 4.79 Å². The van der Waals surface area contributed by atoms with Crippen LogP contribution in [0.3, 0.4) is 0 Å². The molecule has 0 bridgehead atoms. The van der Waals surface area contributed by atoms with Crippen molar-refractivity contribution in [2.24, 2.45) is 0 Å². The number of carbonyl (C=O) groups excluding carboxylic acids is 1. The van der Waals surface area contributed by atoms with E-state index in [1.807, 2.05) is 0 Å². The Kier molecular flexibility index (Phi) is 24.7. The number of ether oxygens (including phenoxy) is 1. The maximum absolute atomic E-state index is 11.1. The maximum atomic E-state index is 11.1. The number of benzene rings is 1. The maximum Gasteiger partial charge on any atom is 1.00 e. The van der Waals surface area contributed by atoms with Crippen LogP contribution in [0.25, 0.3) is 0 Å². The van der Waals surface area contributed by atoms with Crippen LogP contribution in [-0.4, -0.2) is 23.9 Å². The Morgan fingerprint density at radius 3 is 2.00 bits per heavy atom. The van der Waals surface area contributed by atoms with E-state index < -0.39 is 13.3 Å². The molecule has 19 heavy (non-hydrogen) atoms. The van der Waals surface area contributed by atoms with Gasteiger partial charge in [0.2, 0.25) is 0 Å². The van der Waals surface area contributed by atoms with Crippen molar-refractivity contribution in [2.45, 2.75) is 0 Å². The Bertz CT molecular complexity index is 341. The molecule has 11 heteroatoms. The minimum atomic E-state index is -2.92. The predicted octanol–water partition coefficient (Wildman–Crippen LogP) is -11.0. The second kappa shape index (κ2) is 16.8. The van der Waals surface area contributed by atoms with Crippen LogP contribution in [0.4, 0.5) is 0 Å². The van der Waals surface area contributed by atoms with Gasteiger partial charge in [-0.1, -0.05) is 12.1 Å². The fourth-order valence-electron chi connectivity index (χ4n) is 0.774. The molecule has 1 N–H and O–H groups in total. The minimum absolute atomic E-state index is 0. The quantitative estimate of drug-likeness (QED) is 0.329. The first-order valence-electron chi connectivity index (χ1n) is 3.97. The Balaban J connectivity index is -0.000000144.